The summed E-state index contributed by atoms with van der Waals surface area (Å²) in [6.07, 6.45) is 1.54. The second kappa shape index (κ2) is 7.17. The van der Waals surface area contributed by atoms with Crippen LogP contribution in [0.5, 0.6) is 5.75 Å². The highest BCUT2D eigenvalue weighted by molar-refractivity contribution is 6.00. The summed E-state index contributed by atoms with van der Waals surface area (Å²) in [5.41, 5.74) is 4.86. The zero-order chi connectivity index (χ0) is 17.8. The van der Waals surface area contributed by atoms with Crippen molar-refractivity contribution in [3.8, 4) is 5.75 Å². The van der Waals surface area contributed by atoms with Crippen molar-refractivity contribution in [3.63, 3.8) is 0 Å². The molecule has 6 heteroatoms. The topological polar surface area (TPSA) is 82.0 Å². The molecule has 2 aromatic carbocycles. The van der Waals surface area contributed by atoms with E-state index in [9.17, 15) is 14.7 Å². The van der Waals surface area contributed by atoms with E-state index < -0.39 is 5.92 Å². The van der Waals surface area contributed by atoms with Crippen molar-refractivity contribution in [2.75, 3.05) is 11.4 Å². The number of aromatic hydroxyl groups is 1. The Labute approximate surface area is 145 Å². The van der Waals surface area contributed by atoms with Crippen LogP contribution in [0.2, 0.25) is 0 Å². The Morgan fingerprint density at radius 1 is 1.24 bits per heavy atom. The van der Waals surface area contributed by atoms with Crippen LogP contribution in [0.1, 0.15) is 17.5 Å². The normalized spacial score (nSPS) is 17.2. The molecule has 1 atom stereocenters. The van der Waals surface area contributed by atoms with Crippen LogP contribution in [-0.2, 0) is 9.59 Å². The lowest BCUT2D eigenvalue weighted by molar-refractivity contribution is -0.126. The van der Waals surface area contributed by atoms with Gasteiger partial charge in [-0.25, -0.2) is 5.43 Å². The molecule has 2 N–H and O–H groups in total. The Hall–Kier alpha value is -3.15. The highest BCUT2D eigenvalue weighted by atomic mass is 16.3. The largest absolute Gasteiger partial charge is 0.507 e. The standard InChI is InChI=1S/C19H19N3O3/c1-13-6-8-16(9-7-13)22-12-15(10-18(22)24)19(25)21-20-11-14-4-2-3-5-17(14)23/h2-9,11,15,23H,10,12H2,1H3,(H,21,25)/b20-11+/t15-/m1/s1. The number of para-hydroxylation sites is 1. The Balaban J connectivity index is 1.61. The molecule has 1 fully saturated rings. The molecule has 1 heterocycles. The molecule has 1 aliphatic rings. The van der Waals surface area contributed by atoms with Crippen molar-refractivity contribution in [2.24, 2.45) is 11.0 Å². The molecule has 128 valence electrons. The van der Waals surface area contributed by atoms with Crippen molar-refractivity contribution in [2.45, 2.75) is 13.3 Å². The Bertz CT molecular complexity index is 815. The van der Waals surface area contributed by atoms with E-state index in [0.29, 0.717) is 12.1 Å². The van der Waals surface area contributed by atoms with Gasteiger partial charge in [-0.1, -0.05) is 29.8 Å². The molecule has 0 aliphatic carbocycles. The van der Waals surface area contributed by atoms with Crippen LogP contribution in [0.15, 0.2) is 53.6 Å². The van der Waals surface area contributed by atoms with Crippen LogP contribution in [-0.4, -0.2) is 29.7 Å². The van der Waals surface area contributed by atoms with E-state index in [1.807, 2.05) is 31.2 Å². The number of anilines is 1. The van der Waals surface area contributed by atoms with Crippen LogP contribution >= 0.6 is 0 Å². The summed E-state index contributed by atoms with van der Waals surface area (Å²) in [5, 5.41) is 13.5. The molecule has 0 aromatic heterocycles. The molecular weight excluding hydrogens is 318 g/mol. The number of nitrogens with zero attached hydrogens (tertiary/aromatic N) is 2. The fourth-order valence-corrected chi connectivity index (χ4v) is 2.71. The van der Waals surface area contributed by atoms with Crippen LogP contribution in [0.4, 0.5) is 5.69 Å². The van der Waals surface area contributed by atoms with E-state index in [4.69, 9.17) is 0 Å². The first-order chi connectivity index (χ1) is 12.0. The Morgan fingerprint density at radius 3 is 2.68 bits per heavy atom. The van der Waals surface area contributed by atoms with Gasteiger partial charge in [0.15, 0.2) is 0 Å². The fraction of sp³-hybridized carbons (Fsp3) is 0.211. The number of hydrazone groups is 1. The monoisotopic (exact) mass is 337 g/mol. The second-order valence-electron chi connectivity index (χ2n) is 6.03. The molecule has 0 radical (unpaired) electrons. The molecule has 0 spiro atoms. The summed E-state index contributed by atoms with van der Waals surface area (Å²) in [5.74, 6) is -0.749. The summed E-state index contributed by atoms with van der Waals surface area (Å²) in [7, 11) is 0. The third-order valence-corrected chi connectivity index (χ3v) is 4.16. The van der Waals surface area contributed by atoms with Gasteiger partial charge in [0, 0.05) is 24.2 Å². The summed E-state index contributed by atoms with van der Waals surface area (Å²) >= 11 is 0. The molecule has 0 saturated carbocycles. The number of rotatable bonds is 4. The van der Waals surface area contributed by atoms with Gasteiger partial charge in [-0.15, -0.1) is 0 Å². The third-order valence-electron chi connectivity index (χ3n) is 4.16. The maximum atomic E-state index is 12.2. The van der Waals surface area contributed by atoms with Crippen LogP contribution in [0, 0.1) is 12.8 Å². The van der Waals surface area contributed by atoms with Gasteiger partial charge in [-0.2, -0.15) is 5.10 Å². The van der Waals surface area contributed by atoms with Gasteiger partial charge < -0.3 is 10.0 Å². The lowest BCUT2D eigenvalue weighted by atomic mass is 10.1. The average Bonchev–Trinajstić information content (AvgIpc) is 2.99. The van der Waals surface area contributed by atoms with Gasteiger partial charge in [0.25, 0.3) is 0 Å². The maximum Gasteiger partial charge on any atom is 0.245 e. The predicted molar refractivity (Wildman–Crippen MR) is 95.5 cm³/mol. The molecule has 2 aromatic rings. The minimum Gasteiger partial charge on any atom is -0.507 e. The lowest BCUT2D eigenvalue weighted by Gasteiger charge is -2.16. The number of hydrogen-bond acceptors (Lipinski definition) is 4. The number of hydrogen-bond donors (Lipinski definition) is 2. The van der Waals surface area contributed by atoms with Crippen LogP contribution in [0.25, 0.3) is 0 Å². The van der Waals surface area contributed by atoms with E-state index in [-0.39, 0.29) is 24.0 Å². The van der Waals surface area contributed by atoms with E-state index in [2.05, 4.69) is 10.5 Å². The number of aryl methyl sites for hydroxylation is 1. The van der Waals surface area contributed by atoms with Gasteiger partial charge in [0.05, 0.1) is 12.1 Å². The lowest BCUT2D eigenvalue weighted by Crippen LogP contribution is -2.30. The van der Waals surface area contributed by atoms with Crippen LogP contribution < -0.4 is 10.3 Å². The van der Waals surface area contributed by atoms with Gasteiger partial charge in [0.2, 0.25) is 11.8 Å². The quantitative estimate of drug-likeness (QED) is 0.663. The highest BCUT2D eigenvalue weighted by Gasteiger charge is 2.35. The zero-order valence-corrected chi connectivity index (χ0v) is 13.8. The first-order valence-corrected chi connectivity index (χ1v) is 8.02. The van der Waals surface area contributed by atoms with Crippen molar-refractivity contribution in [1.29, 1.82) is 0 Å². The van der Waals surface area contributed by atoms with Crippen molar-refractivity contribution >= 4 is 23.7 Å². The highest BCUT2D eigenvalue weighted by Crippen LogP contribution is 2.25. The number of amides is 2. The van der Waals surface area contributed by atoms with E-state index in [0.717, 1.165) is 11.3 Å². The molecular formula is C19H19N3O3. The summed E-state index contributed by atoms with van der Waals surface area (Å²) in [6.45, 7) is 2.31. The number of carbonyl (C=O) groups is 2. The first-order valence-electron chi connectivity index (χ1n) is 8.02. The SMILES string of the molecule is Cc1ccc(N2C[C@H](C(=O)N/N=C/c3ccccc3O)CC2=O)cc1. The number of carbonyl (C=O) groups excluding carboxylic acids is 2. The van der Waals surface area contributed by atoms with Gasteiger partial charge in [-0.05, 0) is 31.2 Å². The molecule has 1 saturated heterocycles. The molecule has 0 unspecified atom stereocenters. The smallest absolute Gasteiger partial charge is 0.245 e. The van der Waals surface area contributed by atoms with E-state index >= 15 is 0 Å². The summed E-state index contributed by atoms with van der Waals surface area (Å²) in [6, 6.07) is 14.3. The van der Waals surface area contributed by atoms with Crippen molar-refractivity contribution < 1.29 is 14.7 Å². The first kappa shape index (κ1) is 16.7. The maximum absolute atomic E-state index is 12.2. The molecule has 2 amide bonds. The minimum absolute atomic E-state index is 0.0753. The molecule has 3 rings (SSSR count). The van der Waals surface area contributed by atoms with Crippen molar-refractivity contribution in [1.82, 2.24) is 5.43 Å². The van der Waals surface area contributed by atoms with Crippen LogP contribution in [0.3, 0.4) is 0 Å². The predicted octanol–water partition coefficient (Wildman–Crippen LogP) is 2.20. The Kier molecular flexibility index (Phi) is 4.79. The van der Waals surface area contributed by atoms with Gasteiger partial charge >= 0.3 is 0 Å². The number of nitrogens with one attached hydrogen (secondary N) is 1. The molecule has 6 nitrogen and oxygen atoms in total. The number of phenols is 1. The van der Waals surface area contributed by atoms with Gasteiger partial charge in [0.1, 0.15) is 5.75 Å². The second-order valence-corrected chi connectivity index (χ2v) is 6.03. The zero-order valence-electron chi connectivity index (χ0n) is 13.8. The molecule has 0 bridgehead atoms. The number of phenolic OH excluding ortho intramolecular Hbond substituents is 1. The molecule has 1 aliphatic heterocycles. The average molecular weight is 337 g/mol. The van der Waals surface area contributed by atoms with E-state index in [1.54, 1.807) is 23.1 Å². The molecule has 25 heavy (non-hydrogen) atoms. The summed E-state index contributed by atoms with van der Waals surface area (Å²) < 4.78 is 0. The fourth-order valence-electron chi connectivity index (χ4n) is 2.71. The third kappa shape index (κ3) is 3.85. The van der Waals surface area contributed by atoms with Gasteiger partial charge in [-0.3, -0.25) is 9.59 Å². The Morgan fingerprint density at radius 2 is 1.96 bits per heavy atom. The minimum atomic E-state index is -0.449. The summed E-state index contributed by atoms with van der Waals surface area (Å²) in [4.78, 5) is 26.0. The van der Waals surface area contributed by atoms with E-state index in [1.165, 1.54) is 12.3 Å². The van der Waals surface area contributed by atoms with Crippen molar-refractivity contribution in [3.05, 3.63) is 59.7 Å². The number of benzene rings is 2.